The van der Waals surface area contributed by atoms with Crippen LogP contribution in [0.4, 0.5) is 0 Å². The average molecular weight is 343 g/mol. The molecule has 2 saturated heterocycles. The van der Waals surface area contributed by atoms with Crippen molar-refractivity contribution in [2.45, 2.75) is 25.4 Å². The Kier molecular flexibility index (Phi) is 5.90. The van der Waals surface area contributed by atoms with E-state index in [9.17, 15) is 4.79 Å². The van der Waals surface area contributed by atoms with Gasteiger partial charge in [0.05, 0.1) is 23.7 Å². The van der Waals surface area contributed by atoms with Crippen LogP contribution in [0.5, 0.6) is 5.75 Å². The Hall–Kier alpha value is -2.10. The minimum Gasteiger partial charge on any atom is -0.492 e. The number of benzene rings is 1. The van der Waals surface area contributed by atoms with Gasteiger partial charge in [-0.2, -0.15) is 5.26 Å². The van der Waals surface area contributed by atoms with Crippen LogP contribution >= 0.6 is 0 Å². The summed E-state index contributed by atoms with van der Waals surface area (Å²) in [4.78, 5) is 13.9. The predicted molar refractivity (Wildman–Crippen MR) is 92.9 cm³/mol. The Morgan fingerprint density at radius 1 is 1.28 bits per heavy atom. The summed E-state index contributed by atoms with van der Waals surface area (Å²) in [6.45, 7) is 4.13. The highest BCUT2D eigenvalue weighted by atomic mass is 16.5. The molecule has 1 amide bonds. The molecule has 0 unspecified atom stereocenters. The van der Waals surface area contributed by atoms with E-state index < -0.39 is 0 Å². The third-order valence-electron chi connectivity index (χ3n) is 5.26. The van der Waals surface area contributed by atoms with Gasteiger partial charge in [-0.1, -0.05) is 0 Å². The van der Waals surface area contributed by atoms with E-state index in [1.54, 1.807) is 12.1 Å². The van der Waals surface area contributed by atoms with E-state index in [0.717, 1.165) is 44.6 Å². The van der Waals surface area contributed by atoms with Gasteiger partial charge < -0.3 is 15.2 Å². The highest BCUT2D eigenvalue weighted by Gasteiger charge is 2.39. The zero-order valence-electron chi connectivity index (χ0n) is 14.4. The minimum absolute atomic E-state index is 0.00884. The number of hydrogen-bond donors (Lipinski definition) is 1. The van der Waals surface area contributed by atoms with Crippen molar-refractivity contribution in [3.8, 4) is 11.8 Å². The Bertz CT molecular complexity index is 618. The van der Waals surface area contributed by atoms with E-state index in [1.165, 1.54) is 0 Å². The largest absolute Gasteiger partial charge is 0.492 e. The number of amides is 1. The van der Waals surface area contributed by atoms with Gasteiger partial charge in [-0.15, -0.1) is 0 Å². The second-order valence-electron chi connectivity index (χ2n) is 6.80. The number of primary amides is 1. The van der Waals surface area contributed by atoms with E-state index in [0.29, 0.717) is 24.7 Å². The molecule has 25 heavy (non-hydrogen) atoms. The van der Waals surface area contributed by atoms with Crippen molar-refractivity contribution in [2.75, 3.05) is 32.8 Å². The van der Waals surface area contributed by atoms with Gasteiger partial charge in [0, 0.05) is 13.2 Å². The minimum atomic E-state index is -0.222. The van der Waals surface area contributed by atoms with Crippen LogP contribution in [0.15, 0.2) is 24.3 Å². The molecule has 6 nitrogen and oxygen atoms in total. The highest BCUT2D eigenvalue weighted by Crippen LogP contribution is 2.32. The third kappa shape index (κ3) is 4.50. The smallest absolute Gasteiger partial charge is 0.223 e. The summed E-state index contributed by atoms with van der Waals surface area (Å²) in [6.07, 6.45) is 2.84. The fourth-order valence-electron chi connectivity index (χ4n) is 3.80. The normalized spacial score (nSPS) is 24.8. The van der Waals surface area contributed by atoms with Crippen LogP contribution in [-0.2, 0) is 9.53 Å². The summed E-state index contributed by atoms with van der Waals surface area (Å²) < 4.78 is 11.5. The summed E-state index contributed by atoms with van der Waals surface area (Å²) >= 11 is 0. The van der Waals surface area contributed by atoms with Crippen molar-refractivity contribution < 1.29 is 14.3 Å². The molecule has 1 aromatic rings. The summed E-state index contributed by atoms with van der Waals surface area (Å²) in [5.41, 5.74) is 6.13. The first-order valence-electron chi connectivity index (χ1n) is 8.93. The quantitative estimate of drug-likeness (QED) is 0.846. The molecule has 2 aliphatic rings. The molecule has 2 aliphatic heterocycles. The van der Waals surface area contributed by atoms with Gasteiger partial charge in [-0.05, 0) is 62.5 Å². The maximum Gasteiger partial charge on any atom is 0.223 e. The zero-order valence-corrected chi connectivity index (χ0v) is 14.4. The van der Waals surface area contributed by atoms with Crippen LogP contribution in [0.2, 0.25) is 0 Å². The number of carbonyl (C=O) groups is 1. The number of nitrogens with zero attached hydrogens (tertiary/aromatic N) is 2. The molecule has 0 bridgehead atoms. The van der Waals surface area contributed by atoms with Crippen LogP contribution in [0.25, 0.3) is 0 Å². The van der Waals surface area contributed by atoms with Crippen molar-refractivity contribution >= 4 is 5.91 Å². The number of piperidine rings is 1. The van der Waals surface area contributed by atoms with Gasteiger partial charge in [0.1, 0.15) is 12.4 Å². The van der Waals surface area contributed by atoms with E-state index in [-0.39, 0.29) is 17.9 Å². The number of carbonyl (C=O) groups excluding carboxylic acids is 1. The van der Waals surface area contributed by atoms with Crippen molar-refractivity contribution in [1.29, 1.82) is 5.26 Å². The number of hydrogen-bond acceptors (Lipinski definition) is 5. The predicted octanol–water partition coefficient (Wildman–Crippen LogP) is 1.54. The van der Waals surface area contributed by atoms with E-state index >= 15 is 0 Å². The first-order valence-corrected chi connectivity index (χ1v) is 8.93. The molecule has 0 radical (unpaired) electrons. The molecule has 0 aromatic heterocycles. The fourth-order valence-corrected chi connectivity index (χ4v) is 3.80. The molecule has 0 spiro atoms. The molecule has 0 saturated carbocycles. The zero-order chi connectivity index (χ0) is 17.6. The topological polar surface area (TPSA) is 88.6 Å². The molecule has 2 heterocycles. The molecule has 6 heteroatoms. The summed E-state index contributed by atoms with van der Waals surface area (Å²) in [6, 6.07) is 9.27. The Morgan fingerprint density at radius 2 is 2.00 bits per heavy atom. The summed E-state index contributed by atoms with van der Waals surface area (Å²) in [7, 11) is 0. The van der Waals surface area contributed by atoms with Gasteiger partial charge in [0.15, 0.2) is 0 Å². The number of rotatable bonds is 6. The lowest BCUT2D eigenvalue weighted by Gasteiger charge is -2.35. The second-order valence-corrected chi connectivity index (χ2v) is 6.80. The van der Waals surface area contributed by atoms with Gasteiger partial charge in [-0.3, -0.25) is 9.69 Å². The van der Waals surface area contributed by atoms with Gasteiger partial charge in [0.25, 0.3) is 0 Å². The van der Waals surface area contributed by atoms with Gasteiger partial charge in [0.2, 0.25) is 5.91 Å². The lowest BCUT2D eigenvalue weighted by molar-refractivity contribution is -0.124. The van der Waals surface area contributed by atoms with Crippen molar-refractivity contribution in [3.05, 3.63) is 29.8 Å². The second kappa shape index (κ2) is 8.32. The molecule has 2 fully saturated rings. The SMILES string of the molecule is N#Cc1ccc(OCCN2CCC([C@H]3OCC[C@@H]3C(N)=O)CC2)cc1. The molecule has 2 N–H and O–H groups in total. The van der Waals surface area contributed by atoms with Gasteiger partial charge in [-0.25, -0.2) is 0 Å². The van der Waals surface area contributed by atoms with Crippen LogP contribution in [0.3, 0.4) is 0 Å². The molecular weight excluding hydrogens is 318 g/mol. The number of nitriles is 1. The average Bonchev–Trinajstić information content (AvgIpc) is 3.13. The van der Waals surface area contributed by atoms with E-state index in [2.05, 4.69) is 11.0 Å². The van der Waals surface area contributed by atoms with Crippen molar-refractivity contribution in [1.82, 2.24) is 4.90 Å². The molecule has 1 aromatic carbocycles. The summed E-state index contributed by atoms with van der Waals surface area (Å²) in [5.74, 6) is 0.880. The lowest BCUT2D eigenvalue weighted by atomic mass is 9.84. The molecular formula is C19H25N3O3. The summed E-state index contributed by atoms with van der Waals surface area (Å²) in [5, 5.41) is 8.79. The number of likely N-dealkylation sites (tertiary alicyclic amines) is 1. The number of ether oxygens (including phenoxy) is 2. The Morgan fingerprint density at radius 3 is 2.64 bits per heavy atom. The van der Waals surface area contributed by atoms with Crippen molar-refractivity contribution in [2.24, 2.45) is 17.6 Å². The monoisotopic (exact) mass is 343 g/mol. The van der Waals surface area contributed by atoms with Crippen LogP contribution in [0, 0.1) is 23.2 Å². The van der Waals surface area contributed by atoms with Crippen LogP contribution < -0.4 is 10.5 Å². The molecule has 3 rings (SSSR count). The Labute approximate surface area is 148 Å². The molecule has 0 aliphatic carbocycles. The number of nitrogens with two attached hydrogens (primary N) is 1. The third-order valence-corrected chi connectivity index (χ3v) is 5.26. The fraction of sp³-hybridized carbons (Fsp3) is 0.579. The first kappa shape index (κ1) is 17.7. The highest BCUT2D eigenvalue weighted by molar-refractivity contribution is 5.77. The van der Waals surface area contributed by atoms with Gasteiger partial charge >= 0.3 is 0 Å². The standard InChI is InChI=1S/C19H25N3O3/c20-13-14-1-3-16(4-2-14)24-12-10-22-8-5-15(6-9-22)18-17(19(21)23)7-11-25-18/h1-4,15,17-18H,5-12H2,(H2,21,23)/t17-,18+/m0/s1. The van der Waals surface area contributed by atoms with Crippen LogP contribution in [0.1, 0.15) is 24.8 Å². The first-order chi connectivity index (χ1) is 12.2. The van der Waals surface area contributed by atoms with E-state index in [4.69, 9.17) is 20.5 Å². The molecule has 134 valence electrons. The molecule has 2 atom stereocenters. The lowest BCUT2D eigenvalue weighted by Crippen LogP contribution is -2.43. The maximum atomic E-state index is 11.5. The Balaban J connectivity index is 1.39. The maximum absolute atomic E-state index is 11.5. The van der Waals surface area contributed by atoms with Crippen LogP contribution in [-0.4, -0.2) is 49.8 Å². The van der Waals surface area contributed by atoms with E-state index in [1.807, 2.05) is 12.1 Å². The van der Waals surface area contributed by atoms with Crippen molar-refractivity contribution in [3.63, 3.8) is 0 Å².